The van der Waals surface area contributed by atoms with Crippen molar-refractivity contribution in [2.45, 2.75) is 57.8 Å². The third kappa shape index (κ3) is 10.6. The molecule has 0 amide bonds. The van der Waals surface area contributed by atoms with Gasteiger partial charge in [0.25, 0.3) is 0 Å². The van der Waals surface area contributed by atoms with Gasteiger partial charge in [-0.25, -0.2) is 0 Å². The molecule has 0 aromatic heterocycles. The molecule has 4 heteroatoms. The van der Waals surface area contributed by atoms with Gasteiger partial charge in [-0.1, -0.05) is 45.4 Å². The first-order valence-electron chi connectivity index (χ1n) is 6.34. The number of hydrogen-bond acceptors (Lipinski definition) is 3. The molecule has 3 nitrogen and oxygen atoms in total. The highest BCUT2D eigenvalue weighted by Gasteiger charge is 2.05. The summed E-state index contributed by atoms with van der Waals surface area (Å²) >= 11 is 0. The first-order valence-corrected chi connectivity index (χ1v) is 7.62. The Morgan fingerprint density at radius 3 is 2.31 bits per heavy atom. The summed E-state index contributed by atoms with van der Waals surface area (Å²) in [6.07, 6.45) is 7.93. The third-order valence-electron chi connectivity index (χ3n) is 2.49. The third-order valence-corrected chi connectivity index (χ3v) is 3.63. The molecular formula is C12H27O3Si. The number of ether oxygens (including phenoxy) is 2. The predicted molar refractivity (Wildman–Crippen MR) is 69.1 cm³/mol. The molecule has 0 aliphatic carbocycles. The summed E-state index contributed by atoms with van der Waals surface area (Å²) in [6, 6.07) is 1.20. The zero-order chi connectivity index (χ0) is 12.1. The molecule has 1 atom stereocenters. The van der Waals surface area contributed by atoms with Crippen molar-refractivity contribution in [1.29, 1.82) is 0 Å². The van der Waals surface area contributed by atoms with E-state index in [0.717, 1.165) is 0 Å². The van der Waals surface area contributed by atoms with Crippen LogP contribution in [0.1, 0.15) is 45.4 Å². The Balaban J connectivity index is 3.12. The summed E-state index contributed by atoms with van der Waals surface area (Å²) in [5.74, 6) is 0. The summed E-state index contributed by atoms with van der Waals surface area (Å²) in [5, 5.41) is 0. The van der Waals surface area contributed by atoms with Crippen LogP contribution in [0.3, 0.4) is 0 Å². The highest BCUT2D eigenvalue weighted by atomic mass is 28.2. The Labute approximate surface area is 103 Å². The second-order valence-corrected chi connectivity index (χ2v) is 5.16. The van der Waals surface area contributed by atoms with Crippen LogP contribution in [0.2, 0.25) is 6.04 Å². The van der Waals surface area contributed by atoms with Gasteiger partial charge in [-0.15, -0.1) is 0 Å². The molecule has 0 saturated heterocycles. The fourth-order valence-corrected chi connectivity index (χ4v) is 2.48. The van der Waals surface area contributed by atoms with Gasteiger partial charge >= 0.3 is 0 Å². The second kappa shape index (κ2) is 13.2. The molecule has 1 unspecified atom stereocenters. The van der Waals surface area contributed by atoms with Crippen LogP contribution < -0.4 is 0 Å². The van der Waals surface area contributed by atoms with E-state index in [0.29, 0.717) is 6.61 Å². The van der Waals surface area contributed by atoms with Crippen molar-refractivity contribution in [3.8, 4) is 0 Å². The van der Waals surface area contributed by atoms with Crippen molar-refractivity contribution in [3.63, 3.8) is 0 Å². The smallest absolute Gasteiger partial charge is 0.196 e. The van der Waals surface area contributed by atoms with E-state index in [-0.39, 0.29) is 16.1 Å². The quantitative estimate of drug-likeness (QED) is 0.301. The second-order valence-electron chi connectivity index (χ2n) is 3.98. The van der Waals surface area contributed by atoms with Crippen LogP contribution in [-0.2, 0) is 13.9 Å². The van der Waals surface area contributed by atoms with Gasteiger partial charge in [0.2, 0.25) is 0 Å². The van der Waals surface area contributed by atoms with Crippen molar-refractivity contribution < 1.29 is 13.9 Å². The van der Waals surface area contributed by atoms with Gasteiger partial charge in [0.05, 0.1) is 6.61 Å². The van der Waals surface area contributed by atoms with Crippen LogP contribution >= 0.6 is 0 Å². The summed E-state index contributed by atoms with van der Waals surface area (Å²) < 4.78 is 15.7. The van der Waals surface area contributed by atoms with Crippen molar-refractivity contribution in [2.75, 3.05) is 20.8 Å². The maximum absolute atomic E-state index is 5.60. The first kappa shape index (κ1) is 16.1. The highest BCUT2D eigenvalue weighted by molar-refractivity contribution is 6.27. The molecule has 0 bridgehead atoms. The molecule has 16 heavy (non-hydrogen) atoms. The minimum atomic E-state index is -0.167. The molecule has 0 saturated carbocycles. The van der Waals surface area contributed by atoms with Gasteiger partial charge in [0.15, 0.2) is 16.1 Å². The van der Waals surface area contributed by atoms with Crippen LogP contribution in [0.15, 0.2) is 0 Å². The lowest BCUT2D eigenvalue weighted by Crippen LogP contribution is -2.22. The molecule has 0 aromatic rings. The lowest BCUT2D eigenvalue weighted by Gasteiger charge is -2.14. The van der Waals surface area contributed by atoms with E-state index < -0.39 is 0 Å². The Bertz CT molecular complexity index is 133. The monoisotopic (exact) mass is 247 g/mol. The van der Waals surface area contributed by atoms with Gasteiger partial charge in [-0.3, -0.25) is 0 Å². The maximum Gasteiger partial charge on any atom is 0.196 e. The van der Waals surface area contributed by atoms with Crippen molar-refractivity contribution >= 4 is 9.76 Å². The number of methoxy groups -OCH3 is 2. The number of unbranched alkanes of at least 4 members (excludes halogenated alkanes) is 5. The molecule has 0 fully saturated rings. The zero-order valence-corrected chi connectivity index (χ0v) is 12.2. The van der Waals surface area contributed by atoms with Gasteiger partial charge < -0.3 is 13.9 Å². The first-order chi connectivity index (χ1) is 7.85. The number of rotatable bonds is 12. The van der Waals surface area contributed by atoms with Gasteiger partial charge in [-0.2, -0.15) is 0 Å². The van der Waals surface area contributed by atoms with Crippen LogP contribution in [0.25, 0.3) is 0 Å². The van der Waals surface area contributed by atoms with E-state index in [1.54, 1.807) is 14.2 Å². The van der Waals surface area contributed by atoms with E-state index in [2.05, 4.69) is 6.92 Å². The fraction of sp³-hybridized carbons (Fsp3) is 1.00. The summed E-state index contributed by atoms with van der Waals surface area (Å²) in [6.45, 7) is 2.78. The van der Waals surface area contributed by atoms with Gasteiger partial charge in [0, 0.05) is 14.2 Å². The Kier molecular flexibility index (Phi) is 13.2. The van der Waals surface area contributed by atoms with E-state index >= 15 is 0 Å². The van der Waals surface area contributed by atoms with Gasteiger partial charge in [-0.05, 0) is 6.04 Å². The lowest BCUT2D eigenvalue weighted by molar-refractivity contribution is -0.0928. The SMILES string of the molecule is CCCCCCCC[SiH]OC(COC)OC. The standard InChI is InChI=1S/C12H27O3Si/c1-4-5-6-7-8-9-10-16-15-12(14-3)11-13-2/h12,16H,4-11H2,1-3H3. The molecule has 0 aromatic carbocycles. The largest absolute Gasteiger partial charge is 0.395 e. The van der Waals surface area contributed by atoms with Crippen LogP contribution in [0.4, 0.5) is 0 Å². The normalized spacial score (nSPS) is 12.9. The Morgan fingerprint density at radius 2 is 1.69 bits per heavy atom. The van der Waals surface area contributed by atoms with E-state index in [9.17, 15) is 0 Å². The van der Waals surface area contributed by atoms with Crippen LogP contribution in [-0.4, -0.2) is 36.9 Å². The zero-order valence-electron chi connectivity index (χ0n) is 11.0. The highest BCUT2D eigenvalue weighted by Crippen LogP contribution is 2.07. The fourth-order valence-electron chi connectivity index (χ4n) is 1.48. The Morgan fingerprint density at radius 1 is 1.00 bits per heavy atom. The molecule has 0 spiro atoms. The molecule has 1 radical (unpaired) electrons. The summed E-state index contributed by atoms with van der Waals surface area (Å²) in [4.78, 5) is 0. The van der Waals surface area contributed by atoms with Crippen LogP contribution in [0, 0.1) is 0 Å². The minimum absolute atomic E-state index is 0.0622. The maximum atomic E-state index is 5.60. The minimum Gasteiger partial charge on any atom is -0.395 e. The Hall–Kier alpha value is 0.0969. The van der Waals surface area contributed by atoms with Crippen molar-refractivity contribution in [2.24, 2.45) is 0 Å². The topological polar surface area (TPSA) is 27.7 Å². The predicted octanol–water partition coefficient (Wildman–Crippen LogP) is 2.75. The van der Waals surface area contributed by atoms with Gasteiger partial charge in [0.1, 0.15) is 0 Å². The average Bonchev–Trinajstić information content (AvgIpc) is 2.31. The van der Waals surface area contributed by atoms with Crippen LogP contribution in [0.5, 0.6) is 0 Å². The molecule has 0 N–H and O–H groups in total. The van der Waals surface area contributed by atoms with E-state index in [1.165, 1.54) is 44.6 Å². The summed E-state index contributed by atoms with van der Waals surface area (Å²) in [7, 11) is 3.39. The molecule has 0 aliphatic heterocycles. The van der Waals surface area contributed by atoms with Crippen molar-refractivity contribution in [3.05, 3.63) is 0 Å². The number of hydrogen-bond donors (Lipinski definition) is 0. The summed E-state index contributed by atoms with van der Waals surface area (Å²) in [5.41, 5.74) is 0. The molecule has 0 aliphatic rings. The molecular weight excluding hydrogens is 220 g/mol. The average molecular weight is 247 g/mol. The van der Waals surface area contributed by atoms with E-state index in [4.69, 9.17) is 13.9 Å². The van der Waals surface area contributed by atoms with E-state index in [1.807, 2.05) is 0 Å². The molecule has 0 rings (SSSR count). The van der Waals surface area contributed by atoms with Crippen molar-refractivity contribution in [1.82, 2.24) is 0 Å². The lowest BCUT2D eigenvalue weighted by atomic mass is 10.1. The molecule has 97 valence electrons. The molecule has 0 heterocycles.